The molecule has 0 bridgehead atoms. The molecule has 0 amide bonds. The zero-order chi connectivity index (χ0) is 29.9. The van der Waals surface area contributed by atoms with E-state index in [1.807, 2.05) is 23.7 Å². The zero-order valence-corrected chi connectivity index (χ0v) is 24.4. The molecule has 0 atom stereocenters. The Hall–Kier alpha value is -4.35. The molecule has 0 saturated carbocycles. The minimum absolute atomic E-state index is 0.0729. The average Bonchev–Trinajstić information content (AvgIpc) is 3.57. The molecule has 12 heteroatoms. The average molecular weight is 604 g/mol. The summed E-state index contributed by atoms with van der Waals surface area (Å²) in [7, 11) is 1.91. The lowest BCUT2D eigenvalue weighted by Crippen LogP contribution is -2.33. The standard InChI is InChI=1S/C31H31ClFN7O3/c1-38-19-34-37-28(38)11-14-40-27-15-21(31(41)42)6-8-26(27)35-29(40)17-39-12-9-20(10-13-39)25-3-2-4-30(36-25)43-18-22-5-7-23(32)16-24(22)33/h2-8,15-16,19-20H,9-14,17-18H2,1H3,(H,41,42). The first-order valence-electron chi connectivity index (χ1n) is 14.2. The van der Waals surface area contributed by atoms with E-state index in [1.54, 1.807) is 42.7 Å². The summed E-state index contributed by atoms with van der Waals surface area (Å²) in [4.78, 5) is 23.7. The third kappa shape index (κ3) is 6.52. The van der Waals surface area contributed by atoms with Crippen LogP contribution < -0.4 is 4.74 Å². The number of hydrogen-bond donors (Lipinski definition) is 1. The second kappa shape index (κ2) is 12.5. The molecule has 10 nitrogen and oxygen atoms in total. The van der Waals surface area contributed by atoms with Crippen molar-refractivity contribution in [1.82, 2.24) is 34.2 Å². The topological polar surface area (TPSA) is 111 Å². The van der Waals surface area contributed by atoms with Gasteiger partial charge in [0.15, 0.2) is 0 Å². The van der Waals surface area contributed by atoms with Gasteiger partial charge in [-0.25, -0.2) is 19.2 Å². The number of carboxylic acid groups (broad SMARTS) is 1. The summed E-state index contributed by atoms with van der Waals surface area (Å²) in [6, 6.07) is 15.3. The first-order chi connectivity index (χ1) is 20.8. The van der Waals surface area contributed by atoms with Crippen LogP contribution in [0, 0.1) is 5.82 Å². The highest BCUT2D eigenvalue weighted by atomic mass is 35.5. The van der Waals surface area contributed by atoms with Crippen LogP contribution in [0.1, 0.15) is 52.0 Å². The Morgan fingerprint density at radius 1 is 1.09 bits per heavy atom. The van der Waals surface area contributed by atoms with Gasteiger partial charge in [0, 0.05) is 48.3 Å². The van der Waals surface area contributed by atoms with Gasteiger partial charge in [0.1, 0.15) is 30.4 Å². The second-order valence-corrected chi connectivity index (χ2v) is 11.2. The largest absolute Gasteiger partial charge is 0.478 e. The molecular formula is C31H31ClFN7O3. The summed E-state index contributed by atoms with van der Waals surface area (Å²) in [5.41, 5.74) is 3.19. The number of carboxylic acids is 1. The molecule has 1 aliphatic rings. The van der Waals surface area contributed by atoms with Crippen LogP contribution in [0.2, 0.25) is 5.02 Å². The molecular weight excluding hydrogens is 573 g/mol. The number of aromatic carboxylic acids is 1. The maximum absolute atomic E-state index is 14.1. The molecule has 4 heterocycles. The number of aromatic nitrogens is 6. The number of benzene rings is 2. The van der Waals surface area contributed by atoms with E-state index < -0.39 is 11.8 Å². The van der Waals surface area contributed by atoms with Gasteiger partial charge in [-0.1, -0.05) is 23.7 Å². The van der Waals surface area contributed by atoms with Crippen LogP contribution in [-0.2, 0) is 33.2 Å². The molecule has 1 saturated heterocycles. The van der Waals surface area contributed by atoms with Crippen LogP contribution in [0.4, 0.5) is 4.39 Å². The number of ether oxygens (including phenoxy) is 1. The second-order valence-electron chi connectivity index (χ2n) is 10.8. The van der Waals surface area contributed by atoms with Crippen molar-refractivity contribution in [2.45, 2.75) is 44.9 Å². The summed E-state index contributed by atoms with van der Waals surface area (Å²) in [5.74, 6) is 1.11. The monoisotopic (exact) mass is 603 g/mol. The van der Waals surface area contributed by atoms with E-state index in [0.717, 1.165) is 54.3 Å². The number of piperidine rings is 1. The van der Waals surface area contributed by atoms with Gasteiger partial charge in [0.2, 0.25) is 5.88 Å². The predicted octanol–water partition coefficient (Wildman–Crippen LogP) is 5.25. The van der Waals surface area contributed by atoms with Crippen LogP contribution in [0.3, 0.4) is 0 Å². The lowest BCUT2D eigenvalue weighted by atomic mass is 9.93. The van der Waals surface area contributed by atoms with Crippen LogP contribution in [0.25, 0.3) is 11.0 Å². The number of halogens is 2. The summed E-state index contributed by atoms with van der Waals surface area (Å²) >= 11 is 5.85. The molecule has 222 valence electrons. The van der Waals surface area contributed by atoms with Gasteiger partial charge in [-0.05, 0) is 62.3 Å². The van der Waals surface area contributed by atoms with Crippen LogP contribution >= 0.6 is 11.6 Å². The summed E-state index contributed by atoms with van der Waals surface area (Å²) < 4.78 is 23.9. The van der Waals surface area contributed by atoms with E-state index in [1.165, 1.54) is 6.07 Å². The molecule has 43 heavy (non-hydrogen) atoms. The molecule has 1 aliphatic heterocycles. The number of nitrogens with zero attached hydrogens (tertiary/aromatic N) is 7. The number of likely N-dealkylation sites (tertiary alicyclic amines) is 1. The van der Waals surface area contributed by atoms with Gasteiger partial charge in [0.25, 0.3) is 0 Å². The Labute approximate surface area is 252 Å². The molecule has 1 fully saturated rings. The molecule has 0 radical (unpaired) electrons. The lowest BCUT2D eigenvalue weighted by molar-refractivity contribution is 0.0697. The SMILES string of the molecule is Cn1cnnc1CCn1c(CN2CCC(c3cccc(OCc4ccc(Cl)cc4F)n3)CC2)nc2ccc(C(=O)O)cc21. The summed E-state index contributed by atoms with van der Waals surface area (Å²) in [5, 5.41) is 18.1. The normalized spacial score (nSPS) is 14.4. The van der Waals surface area contributed by atoms with Crippen molar-refractivity contribution < 1.29 is 19.0 Å². The highest BCUT2D eigenvalue weighted by Crippen LogP contribution is 2.29. The molecule has 0 unspecified atom stereocenters. The van der Waals surface area contributed by atoms with Crippen LogP contribution in [-0.4, -0.2) is 58.4 Å². The number of pyridine rings is 1. The minimum atomic E-state index is -0.966. The number of rotatable bonds is 10. The van der Waals surface area contributed by atoms with Crippen molar-refractivity contribution in [2.75, 3.05) is 13.1 Å². The summed E-state index contributed by atoms with van der Waals surface area (Å²) in [6.45, 7) is 3.05. The van der Waals surface area contributed by atoms with Gasteiger partial charge >= 0.3 is 5.97 Å². The molecule has 1 N–H and O–H groups in total. The minimum Gasteiger partial charge on any atom is -0.478 e. The van der Waals surface area contributed by atoms with Crippen molar-refractivity contribution in [3.05, 3.63) is 100 Å². The quantitative estimate of drug-likeness (QED) is 0.230. The van der Waals surface area contributed by atoms with Gasteiger partial charge < -0.3 is 19.0 Å². The summed E-state index contributed by atoms with van der Waals surface area (Å²) in [6.07, 6.45) is 4.16. The smallest absolute Gasteiger partial charge is 0.335 e. The number of aryl methyl sites for hydroxylation is 3. The lowest BCUT2D eigenvalue weighted by Gasteiger charge is -2.31. The van der Waals surface area contributed by atoms with Gasteiger partial charge in [-0.2, -0.15) is 0 Å². The van der Waals surface area contributed by atoms with Crippen molar-refractivity contribution in [1.29, 1.82) is 0 Å². The number of carbonyl (C=O) groups is 1. The maximum atomic E-state index is 14.1. The molecule has 5 aromatic rings. The molecule has 6 rings (SSSR count). The molecule has 0 aliphatic carbocycles. The van der Waals surface area contributed by atoms with Gasteiger partial charge in [0.05, 0.1) is 23.1 Å². The number of hydrogen-bond acceptors (Lipinski definition) is 7. The predicted molar refractivity (Wildman–Crippen MR) is 159 cm³/mol. The van der Waals surface area contributed by atoms with Crippen molar-refractivity contribution in [2.24, 2.45) is 7.05 Å². The van der Waals surface area contributed by atoms with Gasteiger partial charge in [-0.15, -0.1) is 10.2 Å². The van der Waals surface area contributed by atoms with E-state index in [9.17, 15) is 14.3 Å². The van der Waals surface area contributed by atoms with E-state index in [-0.39, 0.29) is 18.1 Å². The Morgan fingerprint density at radius 3 is 2.67 bits per heavy atom. The highest BCUT2D eigenvalue weighted by Gasteiger charge is 2.24. The Bertz CT molecular complexity index is 1760. The first-order valence-corrected chi connectivity index (χ1v) is 14.5. The van der Waals surface area contributed by atoms with Crippen LogP contribution in [0.15, 0.2) is 60.9 Å². The van der Waals surface area contributed by atoms with Crippen molar-refractivity contribution >= 4 is 28.6 Å². The van der Waals surface area contributed by atoms with Crippen molar-refractivity contribution in [3.63, 3.8) is 0 Å². The molecule has 0 spiro atoms. The van der Waals surface area contributed by atoms with Crippen molar-refractivity contribution in [3.8, 4) is 5.88 Å². The Balaban J connectivity index is 1.12. The first kappa shape index (κ1) is 28.8. The van der Waals surface area contributed by atoms with E-state index in [0.29, 0.717) is 36.0 Å². The third-order valence-electron chi connectivity index (χ3n) is 7.95. The molecule has 3 aromatic heterocycles. The third-order valence-corrected chi connectivity index (χ3v) is 8.18. The highest BCUT2D eigenvalue weighted by molar-refractivity contribution is 6.30. The Kier molecular flexibility index (Phi) is 8.35. The van der Waals surface area contributed by atoms with Gasteiger partial charge in [-0.3, -0.25) is 4.90 Å². The Morgan fingerprint density at radius 2 is 1.93 bits per heavy atom. The van der Waals surface area contributed by atoms with E-state index >= 15 is 0 Å². The zero-order valence-electron chi connectivity index (χ0n) is 23.7. The molecule has 2 aromatic carbocycles. The van der Waals surface area contributed by atoms with Crippen LogP contribution in [0.5, 0.6) is 5.88 Å². The fourth-order valence-electron chi connectivity index (χ4n) is 5.54. The number of imidazole rings is 1. The van der Waals surface area contributed by atoms with E-state index in [4.69, 9.17) is 26.3 Å². The fraction of sp³-hybridized carbons (Fsp3) is 0.323. The number of fused-ring (bicyclic) bond motifs is 1. The van der Waals surface area contributed by atoms with E-state index in [2.05, 4.69) is 19.7 Å². The fourth-order valence-corrected chi connectivity index (χ4v) is 5.70. The maximum Gasteiger partial charge on any atom is 0.335 e.